The van der Waals surface area contributed by atoms with Crippen molar-refractivity contribution in [1.29, 1.82) is 0 Å². The number of nitrogens with two attached hydrogens (primary N) is 1. The molecule has 0 heterocycles. The third-order valence-electron chi connectivity index (χ3n) is 5.50. The molecule has 198 valence electrons. The van der Waals surface area contributed by atoms with Gasteiger partial charge < -0.3 is 37.0 Å². The number of alkyl halides is 3. The number of nitrogens with one attached hydrogen (secondary N) is 3. The first-order chi connectivity index (χ1) is 17.0. The Balaban J connectivity index is 2.01. The minimum Gasteiger partial charge on any atom is -0.465 e. The zero-order chi connectivity index (χ0) is 26.7. The smallest absolute Gasteiger partial charge is 0.412 e. The van der Waals surface area contributed by atoms with Crippen molar-refractivity contribution in [3.8, 4) is 0 Å². The maximum absolute atomic E-state index is 12.9. The molecule has 36 heavy (non-hydrogen) atoms. The Morgan fingerprint density at radius 1 is 0.806 bits per heavy atom. The number of halogens is 3. The SMILES string of the molecule is NC(C(=O)N[C@@H](Cc1ccccc1)C(O)CNC[C@@H](O)[C@H](Cc1ccccc1)NC(=O)O)C(F)(F)F. The van der Waals surface area contributed by atoms with Gasteiger partial charge in [-0.1, -0.05) is 60.7 Å². The lowest BCUT2D eigenvalue weighted by atomic mass is 9.99. The molecule has 0 saturated carbocycles. The second-order valence-corrected chi connectivity index (χ2v) is 8.36. The number of hydrogen-bond acceptors (Lipinski definition) is 6. The number of amides is 2. The van der Waals surface area contributed by atoms with Gasteiger partial charge in [-0.15, -0.1) is 0 Å². The highest BCUT2D eigenvalue weighted by Crippen LogP contribution is 2.19. The molecule has 2 amide bonds. The van der Waals surface area contributed by atoms with E-state index in [0.717, 1.165) is 5.56 Å². The first-order valence-corrected chi connectivity index (χ1v) is 11.2. The van der Waals surface area contributed by atoms with Crippen LogP contribution in [0, 0.1) is 0 Å². The van der Waals surface area contributed by atoms with Gasteiger partial charge in [-0.05, 0) is 24.0 Å². The Kier molecular flexibility index (Phi) is 11.1. The summed E-state index contributed by atoms with van der Waals surface area (Å²) in [6.45, 7) is -0.343. The van der Waals surface area contributed by atoms with Crippen LogP contribution in [-0.2, 0) is 17.6 Å². The van der Waals surface area contributed by atoms with Crippen molar-refractivity contribution in [2.75, 3.05) is 13.1 Å². The van der Waals surface area contributed by atoms with Crippen LogP contribution in [0.3, 0.4) is 0 Å². The second kappa shape index (κ2) is 13.8. The molecule has 0 spiro atoms. The summed E-state index contributed by atoms with van der Waals surface area (Å²) in [6, 6.07) is 12.7. The number of aliphatic hydroxyl groups excluding tert-OH is 2. The van der Waals surface area contributed by atoms with E-state index in [-0.39, 0.29) is 25.9 Å². The normalized spacial score (nSPS) is 15.8. The summed E-state index contributed by atoms with van der Waals surface area (Å²) < 4.78 is 38.6. The van der Waals surface area contributed by atoms with Gasteiger partial charge in [0.15, 0.2) is 6.04 Å². The third-order valence-corrected chi connectivity index (χ3v) is 5.50. The summed E-state index contributed by atoms with van der Waals surface area (Å²) in [7, 11) is 0. The zero-order valence-electron chi connectivity index (χ0n) is 19.4. The van der Waals surface area contributed by atoms with Crippen molar-refractivity contribution in [2.45, 2.75) is 49.4 Å². The van der Waals surface area contributed by atoms with E-state index in [9.17, 15) is 33.0 Å². The summed E-state index contributed by atoms with van der Waals surface area (Å²) in [5, 5.41) is 37.5. The number of hydrogen-bond donors (Lipinski definition) is 7. The van der Waals surface area contributed by atoms with Gasteiger partial charge in [0.1, 0.15) is 0 Å². The van der Waals surface area contributed by atoms with Crippen LogP contribution in [0.2, 0.25) is 0 Å². The van der Waals surface area contributed by atoms with E-state index in [1.165, 1.54) is 0 Å². The molecule has 2 aromatic carbocycles. The minimum atomic E-state index is -4.94. The molecule has 0 saturated heterocycles. The molecule has 0 radical (unpaired) electrons. The predicted octanol–water partition coefficient (Wildman–Crippen LogP) is 0.794. The highest BCUT2D eigenvalue weighted by atomic mass is 19.4. The first kappa shape index (κ1) is 29.0. The topological polar surface area (TPSA) is 157 Å². The van der Waals surface area contributed by atoms with E-state index in [1.807, 2.05) is 0 Å². The molecule has 0 fully saturated rings. The summed E-state index contributed by atoms with van der Waals surface area (Å²) >= 11 is 0. The Bertz CT molecular complexity index is 950. The monoisotopic (exact) mass is 512 g/mol. The average Bonchev–Trinajstić information content (AvgIpc) is 2.83. The zero-order valence-corrected chi connectivity index (χ0v) is 19.4. The Hall–Kier alpha value is -3.19. The highest BCUT2D eigenvalue weighted by Gasteiger charge is 2.43. The van der Waals surface area contributed by atoms with Crippen molar-refractivity contribution in [2.24, 2.45) is 5.73 Å². The number of benzene rings is 2. The molecule has 2 rings (SSSR count). The lowest BCUT2D eigenvalue weighted by Crippen LogP contribution is -2.57. The fourth-order valence-electron chi connectivity index (χ4n) is 3.55. The Labute approximate surface area is 206 Å². The molecule has 0 bridgehead atoms. The molecule has 2 unspecified atom stereocenters. The molecular weight excluding hydrogens is 481 g/mol. The molecule has 9 nitrogen and oxygen atoms in total. The quantitative estimate of drug-likeness (QED) is 0.209. The van der Waals surface area contributed by atoms with Gasteiger partial charge in [0.05, 0.1) is 24.3 Å². The van der Waals surface area contributed by atoms with E-state index in [1.54, 1.807) is 60.7 Å². The lowest BCUT2D eigenvalue weighted by molar-refractivity contribution is -0.163. The van der Waals surface area contributed by atoms with Crippen molar-refractivity contribution in [1.82, 2.24) is 16.0 Å². The number of carbonyl (C=O) groups is 2. The van der Waals surface area contributed by atoms with Gasteiger partial charge in [0, 0.05) is 13.1 Å². The molecule has 5 atom stereocenters. The molecule has 12 heteroatoms. The highest BCUT2D eigenvalue weighted by molar-refractivity contribution is 5.82. The Morgan fingerprint density at radius 2 is 1.22 bits per heavy atom. The summed E-state index contributed by atoms with van der Waals surface area (Å²) in [5.41, 5.74) is 6.45. The minimum absolute atomic E-state index is 0.0275. The van der Waals surface area contributed by atoms with Crippen molar-refractivity contribution in [3.63, 3.8) is 0 Å². The fourth-order valence-corrected chi connectivity index (χ4v) is 3.55. The van der Waals surface area contributed by atoms with Gasteiger partial charge in [0.2, 0.25) is 5.91 Å². The van der Waals surface area contributed by atoms with Gasteiger partial charge in [-0.3, -0.25) is 4.79 Å². The van der Waals surface area contributed by atoms with Crippen LogP contribution in [0.15, 0.2) is 60.7 Å². The van der Waals surface area contributed by atoms with Crippen LogP contribution in [0.25, 0.3) is 0 Å². The number of rotatable bonds is 13. The maximum Gasteiger partial charge on any atom is 0.412 e. The molecule has 0 aromatic heterocycles. The summed E-state index contributed by atoms with van der Waals surface area (Å²) in [4.78, 5) is 23.2. The van der Waals surface area contributed by atoms with Crippen LogP contribution < -0.4 is 21.7 Å². The predicted molar refractivity (Wildman–Crippen MR) is 126 cm³/mol. The summed E-state index contributed by atoms with van der Waals surface area (Å²) in [6.07, 6.45) is -8.56. The number of carboxylic acid groups (broad SMARTS) is 1. The maximum atomic E-state index is 12.9. The van der Waals surface area contributed by atoms with Gasteiger partial charge >= 0.3 is 12.3 Å². The summed E-state index contributed by atoms with van der Waals surface area (Å²) in [5.74, 6) is -1.48. The van der Waals surface area contributed by atoms with Crippen LogP contribution in [0.1, 0.15) is 11.1 Å². The number of carbonyl (C=O) groups excluding carboxylic acids is 1. The average molecular weight is 513 g/mol. The second-order valence-electron chi connectivity index (χ2n) is 8.36. The molecule has 0 aliphatic heterocycles. The van der Waals surface area contributed by atoms with Gasteiger partial charge in [-0.25, -0.2) is 4.79 Å². The van der Waals surface area contributed by atoms with E-state index < -0.39 is 48.5 Å². The standard InChI is InChI=1S/C24H31F3N4O5/c25-24(26,27)21(28)22(34)30-17(11-15-7-3-1-4-8-15)19(32)13-29-14-20(33)18(31-23(35)36)12-16-9-5-2-6-10-16/h1-10,17-21,29,31-33H,11-14,28H2,(H,30,34)(H,35,36)/t17-,18-,19?,20+,21?/m0/s1. The molecule has 0 aliphatic rings. The van der Waals surface area contributed by atoms with Crippen molar-refractivity contribution in [3.05, 3.63) is 71.8 Å². The van der Waals surface area contributed by atoms with Crippen LogP contribution >= 0.6 is 0 Å². The van der Waals surface area contributed by atoms with Crippen molar-refractivity contribution >= 4 is 12.0 Å². The van der Waals surface area contributed by atoms with Gasteiger partial charge in [-0.2, -0.15) is 13.2 Å². The van der Waals surface area contributed by atoms with Crippen LogP contribution in [-0.4, -0.2) is 76.9 Å². The van der Waals surface area contributed by atoms with Crippen LogP contribution in [0.5, 0.6) is 0 Å². The Morgan fingerprint density at radius 3 is 1.61 bits per heavy atom. The van der Waals surface area contributed by atoms with E-state index in [4.69, 9.17) is 10.8 Å². The largest absolute Gasteiger partial charge is 0.465 e. The third kappa shape index (κ3) is 9.82. The molecule has 8 N–H and O–H groups in total. The molecular formula is C24H31F3N4O5. The van der Waals surface area contributed by atoms with E-state index >= 15 is 0 Å². The lowest BCUT2D eigenvalue weighted by Gasteiger charge is -2.28. The van der Waals surface area contributed by atoms with E-state index in [2.05, 4.69) is 16.0 Å². The van der Waals surface area contributed by atoms with E-state index in [0.29, 0.717) is 5.56 Å². The van der Waals surface area contributed by atoms with Crippen LogP contribution in [0.4, 0.5) is 18.0 Å². The molecule has 2 aromatic rings. The first-order valence-electron chi connectivity index (χ1n) is 11.2. The molecule has 0 aliphatic carbocycles. The van der Waals surface area contributed by atoms with Gasteiger partial charge in [0.25, 0.3) is 0 Å². The number of aliphatic hydroxyl groups is 2. The fraction of sp³-hybridized carbons (Fsp3) is 0.417. The van der Waals surface area contributed by atoms with Crippen molar-refractivity contribution < 1.29 is 38.1 Å².